The average Bonchev–Trinajstić information content (AvgIpc) is 2.82. The van der Waals surface area contributed by atoms with Gasteiger partial charge in [0.05, 0.1) is 0 Å². The number of unbranched alkanes of at least 4 members (excludes halogenated alkanes) is 4. The first-order valence-corrected chi connectivity index (χ1v) is 6.87. The number of aromatic nitrogens is 1. The Labute approximate surface area is 102 Å². The van der Waals surface area contributed by atoms with Crippen LogP contribution in [0.4, 0.5) is 0 Å². The third-order valence-electron chi connectivity index (χ3n) is 3.03. The molecule has 1 N–H and O–H groups in total. The van der Waals surface area contributed by atoms with Gasteiger partial charge in [0, 0.05) is 13.3 Å². The molecule has 92 valence electrons. The van der Waals surface area contributed by atoms with Gasteiger partial charge in [-0.25, -0.2) is 0 Å². The number of hydrogen-bond donors (Lipinski definition) is 1. The fourth-order valence-electron chi connectivity index (χ4n) is 2.00. The molecular weight excluding hydrogens is 194 g/mol. The Balaban J connectivity index is 1.92. The van der Waals surface area contributed by atoms with Crippen molar-refractivity contribution in [1.29, 1.82) is 0 Å². The zero-order valence-electron chi connectivity index (χ0n) is 11.7. The number of H-pyrrole nitrogens is 1. The van der Waals surface area contributed by atoms with E-state index in [0.717, 1.165) is 25.7 Å². The summed E-state index contributed by atoms with van der Waals surface area (Å²) in [4.78, 5) is 3.22. The van der Waals surface area contributed by atoms with Gasteiger partial charge in [-0.15, -0.1) is 0 Å². The normalized spacial score (nSPS) is 13.7. The van der Waals surface area contributed by atoms with Crippen LogP contribution >= 0.6 is 0 Å². The largest absolute Gasteiger partial charge is 0.365 e. The minimum Gasteiger partial charge on any atom is -0.365 e. The molecule has 1 heterocycles. The topological polar surface area (TPSA) is 15.8 Å². The zero-order valence-corrected chi connectivity index (χ0v) is 10.7. The monoisotopic (exact) mass is 222 g/mol. The van der Waals surface area contributed by atoms with E-state index in [1.54, 1.807) is 0 Å². The van der Waals surface area contributed by atoms with Gasteiger partial charge >= 0.3 is 0 Å². The van der Waals surface area contributed by atoms with Gasteiger partial charge in [0.15, 0.2) is 0 Å². The van der Waals surface area contributed by atoms with Crippen molar-refractivity contribution >= 4 is 0 Å². The average molecular weight is 222 g/mol. The molecule has 0 aliphatic rings. The SMILES string of the molecule is [2H][C@H](CCCCCCC)CCCc1ccc[nH]1. The van der Waals surface area contributed by atoms with Crippen LogP contribution in [0.5, 0.6) is 0 Å². The fourth-order valence-corrected chi connectivity index (χ4v) is 2.00. The summed E-state index contributed by atoms with van der Waals surface area (Å²) in [5, 5.41) is 0. The second-order valence-corrected chi connectivity index (χ2v) is 4.58. The summed E-state index contributed by atoms with van der Waals surface area (Å²) in [6.45, 7) is 2.24. The van der Waals surface area contributed by atoms with E-state index < -0.39 is 0 Å². The number of aryl methyl sites for hydroxylation is 1. The Kier molecular flexibility index (Phi) is 6.98. The highest BCUT2D eigenvalue weighted by Gasteiger charge is 1.94. The lowest BCUT2D eigenvalue weighted by atomic mass is 10.1. The molecule has 0 spiro atoms. The first-order valence-electron chi connectivity index (χ1n) is 7.45. The van der Waals surface area contributed by atoms with E-state index in [-0.39, 0.29) is 6.40 Å². The molecule has 1 atom stereocenters. The molecule has 1 rings (SSSR count). The van der Waals surface area contributed by atoms with Crippen LogP contribution in [-0.4, -0.2) is 4.98 Å². The van der Waals surface area contributed by atoms with Crippen LogP contribution < -0.4 is 0 Å². The molecule has 0 bridgehead atoms. The van der Waals surface area contributed by atoms with E-state index in [4.69, 9.17) is 1.37 Å². The summed E-state index contributed by atoms with van der Waals surface area (Å²) < 4.78 is 7.97. The van der Waals surface area contributed by atoms with Crippen molar-refractivity contribution in [3.05, 3.63) is 24.0 Å². The van der Waals surface area contributed by atoms with Gasteiger partial charge in [-0.3, -0.25) is 0 Å². The fraction of sp³-hybridized carbons (Fsp3) is 0.733. The van der Waals surface area contributed by atoms with Gasteiger partial charge < -0.3 is 4.98 Å². The Morgan fingerprint density at radius 1 is 1.06 bits per heavy atom. The highest BCUT2D eigenvalue weighted by atomic mass is 14.7. The van der Waals surface area contributed by atoms with Crippen molar-refractivity contribution in [2.45, 2.75) is 71.1 Å². The first kappa shape index (κ1) is 11.8. The maximum absolute atomic E-state index is 7.97. The molecule has 0 unspecified atom stereocenters. The third-order valence-corrected chi connectivity index (χ3v) is 3.03. The molecule has 16 heavy (non-hydrogen) atoms. The molecule has 1 heteroatoms. The van der Waals surface area contributed by atoms with E-state index in [9.17, 15) is 0 Å². The number of nitrogens with one attached hydrogen (secondary N) is 1. The van der Waals surface area contributed by atoms with Crippen LogP contribution in [0.3, 0.4) is 0 Å². The van der Waals surface area contributed by atoms with E-state index in [1.807, 2.05) is 12.3 Å². The molecule has 0 saturated carbocycles. The summed E-state index contributed by atoms with van der Waals surface area (Å²) in [5.41, 5.74) is 1.31. The van der Waals surface area contributed by atoms with E-state index >= 15 is 0 Å². The minimum absolute atomic E-state index is 0.159. The quantitative estimate of drug-likeness (QED) is 0.531. The standard InChI is InChI=1S/C15H27N/c1-2-3-4-5-6-7-8-9-10-12-15-13-11-14-16-15/h11,13-14,16H,2-10,12H2,1H3/i8D/t8-/m1/s1. The molecular formula is C15H27N. The van der Waals surface area contributed by atoms with E-state index in [0.29, 0.717) is 0 Å². The zero-order chi connectivity index (χ0) is 12.3. The summed E-state index contributed by atoms with van der Waals surface area (Å²) in [6, 6.07) is 4.17. The molecule has 0 amide bonds. The molecule has 0 fully saturated rings. The molecule has 0 aromatic carbocycles. The predicted molar refractivity (Wildman–Crippen MR) is 71.7 cm³/mol. The molecule has 0 aliphatic heterocycles. The Morgan fingerprint density at radius 3 is 2.56 bits per heavy atom. The second kappa shape index (κ2) is 9.50. The van der Waals surface area contributed by atoms with Crippen LogP contribution in [0.2, 0.25) is 0 Å². The first-order chi connectivity index (χ1) is 8.33. The maximum Gasteiger partial charge on any atom is 0.0267 e. The Bertz CT molecular complexity index is 256. The lowest BCUT2D eigenvalue weighted by Crippen LogP contribution is -1.86. The van der Waals surface area contributed by atoms with Gasteiger partial charge in [0.2, 0.25) is 0 Å². The molecule has 1 nitrogen and oxygen atoms in total. The summed E-state index contributed by atoms with van der Waals surface area (Å²) in [6.07, 6.45) is 13.1. The van der Waals surface area contributed by atoms with Crippen molar-refractivity contribution in [3.63, 3.8) is 0 Å². The minimum atomic E-state index is 0.159. The van der Waals surface area contributed by atoms with Crippen molar-refractivity contribution in [2.24, 2.45) is 0 Å². The Morgan fingerprint density at radius 2 is 1.81 bits per heavy atom. The van der Waals surface area contributed by atoms with Gasteiger partial charge in [-0.05, 0) is 25.0 Å². The van der Waals surface area contributed by atoms with E-state index in [2.05, 4.69) is 18.0 Å². The predicted octanol–water partition coefficient (Wildman–Crippen LogP) is 5.09. The van der Waals surface area contributed by atoms with Gasteiger partial charge in [-0.2, -0.15) is 0 Å². The van der Waals surface area contributed by atoms with Gasteiger partial charge in [-0.1, -0.05) is 58.3 Å². The molecule has 1 aromatic rings. The van der Waals surface area contributed by atoms with Crippen molar-refractivity contribution in [2.75, 3.05) is 0 Å². The number of rotatable bonds is 10. The van der Waals surface area contributed by atoms with Crippen molar-refractivity contribution in [1.82, 2.24) is 4.98 Å². The second-order valence-electron chi connectivity index (χ2n) is 4.58. The van der Waals surface area contributed by atoms with Crippen molar-refractivity contribution < 1.29 is 1.37 Å². The van der Waals surface area contributed by atoms with Crippen LogP contribution in [0.15, 0.2) is 18.3 Å². The lowest BCUT2D eigenvalue weighted by Gasteiger charge is -2.01. The maximum atomic E-state index is 7.97. The van der Waals surface area contributed by atoms with Gasteiger partial charge in [0.25, 0.3) is 0 Å². The van der Waals surface area contributed by atoms with E-state index in [1.165, 1.54) is 37.8 Å². The summed E-state index contributed by atoms with van der Waals surface area (Å²) in [7, 11) is 0. The Hall–Kier alpha value is -0.720. The van der Waals surface area contributed by atoms with Gasteiger partial charge in [0.1, 0.15) is 0 Å². The number of hydrogen-bond acceptors (Lipinski definition) is 0. The molecule has 0 saturated heterocycles. The smallest absolute Gasteiger partial charge is 0.0267 e. The summed E-state index contributed by atoms with van der Waals surface area (Å²) in [5.74, 6) is 0. The molecule has 0 aliphatic carbocycles. The highest BCUT2D eigenvalue weighted by Crippen LogP contribution is 2.11. The van der Waals surface area contributed by atoms with Crippen LogP contribution in [-0.2, 0) is 6.42 Å². The molecule has 0 radical (unpaired) electrons. The molecule has 1 aromatic heterocycles. The third kappa shape index (κ3) is 6.71. The summed E-state index contributed by atoms with van der Waals surface area (Å²) >= 11 is 0. The lowest BCUT2D eigenvalue weighted by molar-refractivity contribution is 0.564. The van der Waals surface area contributed by atoms with Crippen LogP contribution in [0.1, 0.15) is 71.8 Å². The van der Waals surface area contributed by atoms with Crippen LogP contribution in [0, 0.1) is 0 Å². The van der Waals surface area contributed by atoms with Crippen molar-refractivity contribution in [3.8, 4) is 0 Å². The number of aromatic amines is 1. The highest BCUT2D eigenvalue weighted by molar-refractivity contribution is 5.03. The van der Waals surface area contributed by atoms with Crippen LogP contribution in [0.25, 0.3) is 0 Å².